The summed E-state index contributed by atoms with van der Waals surface area (Å²) in [4.78, 5) is 55.2. The van der Waals surface area contributed by atoms with Gasteiger partial charge >= 0.3 is 14.5 Å². The Hall–Kier alpha value is -3.65. The first-order valence-electron chi connectivity index (χ1n) is 14.7. The third-order valence-corrected chi connectivity index (χ3v) is 8.11. The Balaban J connectivity index is 1.78. The number of ether oxygens (including phenoxy) is 1. The first kappa shape index (κ1) is 33.8. The molecule has 1 saturated heterocycles. The highest BCUT2D eigenvalue weighted by Gasteiger charge is 2.42. The summed E-state index contributed by atoms with van der Waals surface area (Å²) in [6, 6.07) is 15.2. The molecular weight excluding hydrogens is 569 g/mol. The van der Waals surface area contributed by atoms with Gasteiger partial charge in [0.15, 0.2) is 0 Å². The molecule has 0 spiro atoms. The van der Waals surface area contributed by atoms with Gasteiger partial charge in [-0.3, -0.25) is 14.4 Å². The maximum atomic E-state index is 13.9. The van der Waals surface area contributed by atoms with Gasteiger partial charge in [-0.25, -0.2) is 4.79 Å². The van der Waals surface area contributed by atoms with E-state index in [2.05, 4.69) is 10.6 Å². The van der Waals surface area contributed by atoms with Crippen LogP contribution in [0.2, 0.25) is 0 Å². The molecule has 2 N–H and O–H groups in total. The molecule has 1 aliphatic heterocycles. The number of carbonyl (C=O) groups is 4. The molecule has 0 bridgehead atoms. The first-order valence-corrected chi connectivity index (χ1v) is 15.8. The van der Waals surface area contributed by atoms with Crippen LogP contribution in [0.3, 0.4) is 0 Å². The van der Waals surface area contributed by atoms with Gasteiger partial charge in [-0.15, -0.1) is 0 Å². The van der Waals surface area contributed by atoms with E-state index >= 15 is 0 Å². The van der Waals surface area contributed by atoms with Crippen molar-refractivity contribution in [3.63, 3.8) is 0 Å². The van der Waals surface area contributed by atoms with Crippen LogP contribution in [0.15, 0.2) is 60.7 Å². The highest BCUT2D eigenvalue weighted by atomic mass is 31.2. The summed E-state index contributed by atoms with van der Waals surface area (Å²) < 4.78 is 17.4. The second-order valence-corrected chi connectivity index (χ2v) is 13.5. The molecule has 3 rings (SSSR count). The number of hydrogen-bond donors (Lipinski definition) is 2. The highest BCUT2D eigenvalue weighted by Crippen LogP contribution is 2.43. The lowest BCUT2D eigenvalue weighted by Crippen LogP contribution is -2.57. The summed E-state index contributed by atoms with van der Waals surface area (Å²) >= 11 is 0. The summed E-state index contributed by atoms with van der Waals surface area (Å²) in [5, 5.41) is 5.58. The van der Waals surface area contributed by atoms with E-state index in [4.69, 9.17) is 13.8 Å². The summed E-state index contributed by atoms with van der Waals surface area (Å²) in [5.41, 5.74) is -1.12. The molecule has 0 saturated carbocycles. The molecule has 10 nitrogen and oxygen atoms in total. The van der Waals surface area contributed by atoms with E-state index in [0.29, 0.717) is 30.9 Å². The van der Waals surface area contributed by atoms with Crippen molar-refractivity contribution in [2.24, 2.45) is 11.8 Å². The summed E-state index contributed by atoms with van der Waals surface area (Å²) in [5.74, 6) is -0.404. The second kappa shape index (κ2) is 15.2. The van der Waals surface area contributed by atoms with Gasteiger partial charge in [0.05, 0.1) is 0 Å². The van der Waals surface area contributed by atoms with Crippen molar-refractivity contribution in [3.05, 3.63) is 60.7 Å². The monoisotopic (exact) mass is 613 g/mol. The molecule has 3 amide bonds. The molecule has 1 heterocycles. The number of para-hydroxylation sites is 2. The number of benzene rings is 2. The molecule has 234 valence electrons. The van der Waals surface area contributed by atoms with Crippen molar-refractivity contribution in [2.75, 3.05) is 6.54 Å². The third kappa shape index (κ3) is 9.95. The van der Waals surface area contributed by atoms with Crippen molar-refractivity contribution >= 4 is 31.8 Å². The number of nitrogens with one attached hydrogen (secondary N) is 2. The predicted molar refractivity (Wildman–Crippen MR) is 166 cm³/mol. The Kier molecular flexibility index (Phi) is 12.0. The molecule has 0 aliphatic carbocycles. The maximum absolute atomic E-state index is 13.9. The molecule has 11 heteroatoms. The largest absolute Gasteiger partial charge is 0.444 e. The van der Waals surface area contributed by atoms with Gasteiger partial charge < -0.3 is 29.3 Å². The Labute approximate surface area is 255 Å². The molecule has 43 heavy (non-hydrogen) atoms. The SMILES string of the molecule is CC(C)[C@H](NC(=O)OC(C)(C)C)C(=O)N1CCC[C@H]1C(=O)N[C@H](C(=O)P(Oc1ccccc1)Oc1ccccc1)C(C)C. The van der Waals surface area contributed by atoms with Gasteiger partial charge in [-0.05, 0) is 69.7 Å². The molecule has 0 aromatic heterocycles. The van der Waals surface area contributed by atoms with Gasteiger partial charge in [0.25, 0.3) is 5.52 Å². The minimum atomic E-state index is -2.15. The topological polar surface area (TPSA) is 123 Å². The molecular formula is C32H44N3O7P. The molecule has 0 unspecified atom stereocenters. The lowest BCUT2D eigenvalue weighted by Gasteiger charge is -2.32. The molecule has 0 radical (unpaired) electrons. The van der Waals surface area contributed by atoms with Crippen LogP contribution in [0.25, 0.3) is 0 Å². The van der Waals surface area contributed by atoms with Crippen molar-refractivity contribution in [1.82, 2.24) is 15.5 Å². The van der Waals surface area contributed by atoms with Crippen molar-refractivity contribution in [1.29, 1.82) is 0 Å². The second-order valence-electron chi connectivity index (χ2n) is 12.2. The van der Waals surface area contributed by atoms with Gasteiger partial charge in [0, 0.05) is 6.54 Å². The predicted octanol–water partition coefficient (Wildman–Crippen LogP) is 5.66. The van der Waals surface area contributed by atoms with E-state index in [1.165, 1.54) is 4.90 Å². The van der Waals surface area contributed by atoms with Gasteiger partial charge in [0.1, 0.15) is 35.2 Å². The van der Waals surface area contributed by atoms with E-state index in [9.17, 15) is 19.2 Å². The summed E-state index contributed by atoms with van der Waals surface area (Å²) in [6.45, 7) is 12.9. The van der Waals surface area contributed by atoms with E-state index in [1.807, 2.05) is 39.8 Å². The molecule has 2 aromatic rings. The van der Waals surface area contributed by atoms with E-state index < -0.39 is 49.6 Å². The smallest absolute Gasteiger partial charge is 0.408 e. The minimum Gasteiger partial charge on any atom is -0.444 e. The Morgan fingerprint density at radius 3 is 1.79 bits per heavy atom. The number of hydrogen-bond acceptors (Lipinski definition) is 7. The van der Waals surface area contributed by atoms with Gasteiger partial charge in [-0.2, -0.15) is 0 Å². The maximum Gasteiger partial charge on any atom is 0.408 e. The van der Waals surface area contributed by atoms with Crippen molar-refractivity contribution in [2.45, 2.75) is 85.0 Å². The standard InChI is InChI=1S/C32H44N3O7P/c1-21(2)26(34-31(39)40-32(5,6)7)29(37)35-20-14-19-25(35)28(36)33-27(22(3)4)30(38)43(41-23-15-10-8-11-16-23)42-24-17-12-9-13-18-24/h8-13,15-18,21-22,25-27H,14,19-20H2,1-7H3,(H,33,36)(H,34,39)/t25-,26-,27-/m0/s1. The minimum absolute atomic E-state index is 0.247. The Bertz CT molecular complexity index is 1190. The number of carbonyl (C=O) groups excluding carboxylic acids is 4. The number of likely N-dealkylation sites (tertiary alicyclic amines) is 1. The lowest BCUT2D eigenvalue weighted by molar-refractivity contribution is -0.141. The summed E-state index contributed by atoms with van der Waals surface area (Å²) in [6.07, 6.45) is 0.349. The number of alkyl carbamates (subject to hydrolysis) is 1. The average Bonchev–Trinajstić information content (AvgIpc) is 3.44. The molecule has 2 aromatic carbocycles. The van der Waals surface area contributed by atoms with E-state index in [-0.39, 0.29) is 17.7 Å². The first-order chi connectivity index (χ1) is 20.3. The fourth-order valence-electron chi connectivity index (χ4n) is 4.57. The Morgan fingerprint density at radius 2 is 1.33 bits per heavy atom. The highest BCUT2D eigenvalue weighted by molar-refractivity contribution is 7.67. The number of nitrogens with zero attached hydrogens (tertiary/aromatic N) is 1. The zero-order chi connectivity index (χ0) is 31.7. The Morgan fingerprint density at radius 1 is 0.814 bits per heavy atom. The van der Waals surface area contributed by atoms with E-state index in [1.54, 1.807) is 69.3 Å². The normalized spacial score (nSPS) is 16.5. The number of amides is 3. The quantitative estimate of drug-likeness (QED) is 0.296. The van der Waals surface area contributed by atoms with Crippen LogP contribution in [0.4, 0.5) is 4.79 Å². The molecule has 1 aliphatic rings. The fraction of sp³-hybridized carbons (Fsp3) is 0.500. The molecule has 1 fully saturated rings. The average molecular weight is 614 g/mol. The fourth-order valence-corrected chi connectivity index (χ4v) is 6.00. The zero-order valence-corrected chi connectivity index (χ0v) is 26.9. The van der Waals surface area contributed by atoms with Gasteiger partial charge in [0.2, 0.25) is 11.8 Å². The van der Waals surface area contributed by atoms with Crippen molar-refractivity contribution < 1.29 is 33.0 Å². The van der Waals surface area contributed by atoms with Crippen LogP contribution < -0.4 is 19.7 Å². The van der Waals surface area contributed by atoms with Crippen LogP contribution in [0.5, 0.6) is 11.5 Å². The third-order valence-electron chi connectivity index (χ3n) is 6.72. The molecule has 3 atom stereocenters. The van der Waals surface area contributed by atoms with Crippen molar-refractivity contribution in [3.8, 4) is 11.5 Å². The summed E-state index contributed by atoms with van der Waals surface area (Å²) in [7, 11) is -2.15. The van der Waals surface area contributed by atoms with Crippen LogP contribution in [-0.4, -0.2) is 58.6 Å². The lowest BCUT2D eigenvalue weighted by atomic mass is 10.0. The van der Waals surface area contributed by atoms with Gasteiger partial charge in [-0.1, -0.05) is 64.1 Å². The van der Waals surface area contributed by atoms with Crippen LogP contribution >= 0.6 is 8.38 Å². The van der Waals surface area contributed by atoms with Crippen LogP contribution in [-0.2, 0) is 19.1 Å². The van der Waals surface area contributed by atoms with Crippen LogP contribution in [0, 0.1) is 11.8 Å². The van der Waals surface area contributed by atoms with E-state index in [0.717, 1.165) is 0 Å². The zero-order valence-electron chi connectivity index (χ0n) is 26.0. The van der Waals surface area contributed by atoms with Crippen LogP contribution in [0.1, 0.15) is 61.3 Å². The number of rotatable bonds is 12.